The molecule has 2 heterocycles. The molecule has 0 aromatic carbocycles. The molecule has 8 nitrogen and oxygen atoms in total. The summed E-state index contributed by atoms with van der Waals surface area (Å²) in [5, 5.41) is 6.84. The topological polar surface area (TPSA) is 120 Å². The molecule has 2 aromatic heterocycles. The summed E-state index contributed by atoms with van der Waals surface area (Å²) in [5.41, 5.74) is 5.41. The zero-order valence-corrected chi connectivity index (χ0v) is 15.5. The highest BCUT2D eigenvalue weighted by Gasteiger charge is 2.25. The molecule has 0 radical (unpaired) electrons. The van der Waals surface area contributed by atoms with Crippen LogP contribution in [-0.2, 0) is 11.2 Å². The minimum Gasteiger partial charge on any atom is -0.350 e. The van der Waals surface area contributed by atoms with Crippen molar-refractivity contribution in [2.45, 2.75) is 45.6 Å². The lowest BCUT2D eigenvalue weighted by Gasteiger charge is -2.31. The van der Waals surface area contributed by atoms with Gasteiger partial charge in [-0.3, -0.25) is 4.79 Å². The second kappa shape index (κ2) is 9.43. The Kier molecular flexibility index (Phi) is 7.92. The van der Waals surface area contributed by atoms with Gasteiger partial charge in [-0.2, -0.15) is 4.98 Å². The van der Waals surface area contributed by atoms with Crippen molar-refractivity contribution in [3.8, 4) is 11.6 Å². The standard InChI is InChI=1S/C16H24N6O2.ClH/c1-11(2)9-16(3,10-17)21-12(23)5-6-13-20-15(22-24-13)14-18-7-4-8-19-14;/h4,7-8,11H,5-6,9-10,17H2,1-3H3,(H,21,23);1H. The zero-order valence-electron chi connectivity index (χ0n) is 14.7. The number of nitrogens with zero attached hydrogens (tertiary/aromatic N) is 4. The van der Waals surface area contributed by atoms with Crippen LogP contribution in [0.15, 0.2) is 23.0 Å². The number of rotatable bonds is 8. The fourth-order valence-electron chi connectivity index (χ4n) is 2.57. The smallest absolute Gasteiger partial charge is 0.240 e. The molecule has 0 aliphatic rings. The Morgan fingerprint density at radius 2 is 2.00 bits per heavy atom. The molecule has 0 saturated carbocycles. The van der Waals surface area contributed by atoms with Crippen LogP contribution in [0.1, 0.15) is 39.5 Å². The van der Waals surface area contributed by atoms with Gasteiger partial charge in [-0.15, -0.1) is 12.4 Å². The van der Waals surface area contributed by atoms with Gasteiger partial charge in [0.25, 0.3) is 0 Å². The summed E-state index contributed by atoms with van der Waals surface area (Å²) in [5.74, 6) is 1.45. The molecule has 138 valence electrons. The van der Waals surface area contributed by atoms with E-state index < -0.39 is 5.54 Å². The average Bonchev–Trinajstić information content (AvgIpc) is 3.02. The Bertz CT molecular complexity index is 664. The second-order valence-electron chi connectivity index (χ2n) is 6.50. The summed E-state index contributed by atoms with van der Waals surface area (Å²) in [6.07, 6.45) is 4.65. The summed E-state index contributed by atoms with van der Waals surface area (Å²) in [6.45, 7) is 6.56. The molecule has 0 fully saturated rings. The monoisotopic (exact) mass is 368 g/mol. The largest absolute Gasteiger partial charge is 0.350 e. The molecular weight excluding hydrogens is 344 g/mol. The first-order valence-corrected chi connectivity index (χ1v) is 8.03. The third kappa shape index (κ3) is 6.39. The van der Waals surface area contributed by atoms with Crippen LogP contribution in [0.3, 0.4) is 0 Å². The van der Waals surface area contributed by atoms with Gasteiger partial charge in [0.2, 0.25) is 23.4 Å². The summed E-state index contributed by atoms with van der Waals surface area (Å²) in [7, 11) is 0. The Morgan fingerprint density at radius 1 is 1.32 bits per heavy atom. The molecule has 0 saturated heterocycles. The van der Waals surface area contributed by atoms with Crippen molar-refractivity contribution in [3.05, 3.63) is 24.4 Å². The third-order valence-corrected chi connectivity index (χ3v) is 3.55. The molecule has 0 bridgehead atoms. The maximum atomic E-state index is 12.2. The van der Waals surface area contributed by atoms with Crippen LogP contribution >= 0.6 is 12.4 Å². The maximum absolute atomic E-state index is 12.2. The molecule has 0 aliphatic carbocycles. The first kappa shape index (κ1) is 21.0. The predicted molar refractivity (Wildman–Crippen MR) is 96.0 cm³/mol. The van der Waals surface area contributed by atoms with E-state index in [9.17, 15) is 4.79 Å². The van der Waals surface area contributed by atoms with Crippen LogP contribution in [0, 0.1) is 5.92 Å². The van der Waals surface area contributed by atoms with E-state index in [1.54, 1.807) is 18.5 Å². The lowest BCUT2D eigenvalue weighted by molar-refractivity contribution is -0.123. The SMILES string of the molecule is CC(C)CC(C)(CN)NC(=O)CCc1nc(-c2ncccn2)no1.Cl. The van der Waals surface area contributed by atoms with Gasteiger partial charge in [0, 0.05) is 37.3 Å². The Morgan fingerprint density at radius 3 is 2.60 bits per heavy atom. The average molecular weight is 369 g/mol. The maximum Gasteiger partial charge on any atom is 0.240 e. The van der Waals surface area contributed by atoms with Crippen molar-refractivity contribution in [2.24, 2.45) is 11.7 Å². The molecule has 0 aliphatic heterocycles. The molecule has 0 spiro atoms. The molecule has 2 rings (SSSR count). The van der Waals surface area contributed by atoms with Crippen LogP contribution in [0.2, 0.25) is 0 Å². The Labute approximate surface area is 153 Å². The van der Waals surface area contributed by atoms with E-state index >= 15 is 0 Å². The van der Waals surface area contributed by atoms with Gasteiger partial charge in [0.05, 0.1) is 0 Å². The van der Waals surface area contributed by atoms with E-state index in [4.69, 9.17) is 10.3 Å². The van der Waals surface area contributed by atoms with Gasteiger partial charge in [0.1, 0.15) is 0 Å². The normalized spacial score (nSPS) is 13.2. The predicted octanol–water partition coefficient (Wildman–Crippen LogP) is 1.76. The number of hydrogen-bond donors (Lipinski definition) is 2. The van der Waals surface area contributed by atoms with Crippen LogP contribution in [0.25, 0.3) is 11.6 Å². The van der Waals surface area contributed by atoms with Crippen molar-refractivity contribution >= 4 is 18.3 Å². The summed E-state index contributed by atoms with van der Waals surface area (Å²) < 4.78 is 5.14. The van der Waals surface area contributed by atoms with Crippen molar-refractivity contribution in [1.82, 2.24) is 25.4 Å². The van der Waals surface area contributed by atoms with Gasteiger partial charge >= 0.3 is 0 Å². The number of halogens is 1. The molecule has 25 heavy (non-hydrogen) atoms. The molecule has 1 atom stereocenters. The molecular formula is C16H25ClN6O2. The first-order chi connectivity index (χ1) is 11.4. The molecule has 1 amide bonds. The van der Waals surface area contributed by atoms with Crippen LogP contribution in [0.5, 0.6) is 0 Å². The fraction of sp³-hybridized carbons (Fsp3) is 0.562. The summed E-state index contributed by atoms with van der Waals surface area (Å²) in [6, 6.07) is 1.71. The minimum atomic E-state index is -0.400. The number of aryl methyl sites for hydroxylation is 1. The molecule has 3 N–H and O–H groups in total. The van der Waals surface area contributed by atoms with Crippen molar-refractivity contribution in [1.29, 1.82) is 0 Å². The van der Waals surface area contributed by atoms with Gasteiger partial charge < -0.3 is 15.6 Å². The van der Waals surface area contributed by atoms with E-state index in [1.165, 1.54) is 0 Å². The Hall–Kier alpha value is -2.06. The third-order valence-electron chi connectivity index (χ3n) is 3.55. The van der Waals surface area contributed by atoms with E-state index in [2.05, 4.69) is 39.3 Å². The number of carbonyl (C=O) groups is 1. The van der Waals surface area contributed by atoms with Gasteiger partial charge in [-0.05, 0) is 25.3 Å². The highest BCUT2D eigenvalue weighted by molar-refractivity contribution is 5.85. The highest BCUT2D eigenvalue weighted by atomic mass is 35.5. The fourth-order valence-corrected chi connectivity index (χ4v) is 2.57. The van der Waals surface area contributed by atoms with E-state index in [0.29, 0.717) is 36.4 Å². The summed E-state index contributed by atoms with van der Waals surface area (Å²) in [4.78, 5) is 24.5. The number of nitrogens with two attached hydrogens (primary N) is 1. The van der Waals surface area contributed by atoms with Crippen LogP contribution in [-0.4, -0.2) is 38.1 Å². The quantitative estimate of drug-likeness (QED) is 0.728. The molecule has 1 unspecified atom stereocenters. The first-order valence-electron chi connectivity index (χ1n) is 8.03. The molecule has 9 heteroatoms. The Balaban J connectivity index is 0.00000312. The second-order valence-corrected chi connectivity index (χ2v) is 6.50. The van der Waals surface area contributed by atoms with Gasteiger partial charge in [0.15, 0.2) is 0 Å². The number of aromatic nitrogens is 4. The minimum absolute atomic E-state index is 0. The van der Waals surface area contributed by atoms with Crippen molar-refractivity contribution < 1.29 is 9.32 Å². The number of amides is 1. The van der Waals surface area contributed by atoms with Crippen molar-refractivity contribution in [2.75, 3.05) is 6.54 Å². The van der Waals surface area contributed by atoms with Gasteiger partial charge in [-0.1, -0.05) is 19.0 Å². The lowest BCUT2D eigenvalue weighted by atomic mass is 9.90. The van der Waals surface area contributed by atoms with E-state index in [1.807, 2.05) is 6.92 Å². The van der Waals surface area contributed by atoms with Crippen LogP contribution in [0.4, 0.5) is 0 Å². The number of nitrogens with one attached hydrogen (secondary N) is 1. The zero-order chi connectivity index (χ0) is 17.6. The highest BCUT2D eigenvalue weighted by Crippen LogP contribution is 2.16. The lowest BCUT2D eigenvalue weighted by Crippen LogP contribution is -2.52. The van der Waals surface area contributed by atoms with Gasteiger partial charge in [-0.25, -0.2) is 9.97 Å². The van der Waals surface area contributed by atoms with E-state index in [-0.39, 0.29) is 24.7 Å². The van der Waals surface area contributed by atoms with E-state index in [0.717, 1.165) is 6.42 Å². The molecule has 2 aromatic rings. The summed E-state index contributed by atoms with van der Waals surface area (Å²) >= 11 is 0. The van der Waals surface area contributed by atoms with Crippen LogP contribution < -0.4 is 11.1 Å². The van der Waals surface area contributed by atoms with Crippen molar-refractivity contribution in [3.63, 3.8) is 0 Å². The number of hydrogen-bond acceptors (Lipinski definition) is 7. The number of carbonyl (C=O) groups excluding carboxylic acids is 1.